The first kappa shape index (κ1) is 26.9. The van der Waals surface area contributed by atoms with E-state index in [9.17, 15) is 19.3 Å². The lowest BCUT2D eigenvalue weighted by molar-refractivity contribution is -0.118. The molecule has 36 heavy (non-hydrogen) atoms. The van der Waals surface area contributed by atoms with Crippen molar-refractivity contribution in [1.82, 2.24) is 13.8 Å². The summed E-state index contributed by atoms with van der Waals surface area (Å²) in [5.41, 5.74) is -0.905. The Bertz CT molecular complexity index is 1470. The predicted molar refractivity (Wildman–Crippen MR) is 136 cm³/mol. The number of nitrogens with two attached hydrogens (primary N) is 1. The summed E-state index contributed by atoms with van der Waals surface area (Å²) in [4.78, 5) is 53.1. The van der Waals surface area contributed by atoms with E-state index in [1.165, 1.54) is 17.6 Å². The van der Waals surface area contributed by atoms with Gasteiger partial charge in [0.2, 0.25) is 5.62 Å². The number of hydrogen-bond acceptors (Lipinski definition) is 7. The average molecular weight is 535 g/mol. The van der Waals surface area contributed by atoms with Gasteiger partial charge in [-0.05, 0) is 56.7 Å². The molecule has 3 aromatic rings. The highest BCUT2D eigenvalue weighted by Gasteiger charge is 2.20. The monoisotopic (exact) mass is 534 g/mol. The number of nitroso groups, excluding NO2 is 1. The van der Waals surface area contributed by atoms with Gasteiger partial charge in [0.25, 0.3) is 5.91 Å². The van der Waals surface area contributed by atoms with Crippen molar-refractivity contribution in [3.05, 3.63) is 89.6 Å². The van der Waals surface area contributed by atoms with E-state index in [1.807, 2.05) is 13.8 Å². The first-order valence-electron chi connectivity index (χ1n) is 10.9. The number of carbonyl (C=O) groups is 1. The van der Waals surface area contributed by atoms with Crippen molar-refractivity contribution < 1.29 is 9.53 Å². The third-order valence-corrected chi connectivity index (χ3v) is 5.63. The van der Waals surface area contributed by atoms with Crippen molar-refractivity contribution in [3.63, 3.8) is 0 Å². The van der Waals surface area contributed by atoms with Gasteiger partial charge in [0.1, 0.15) is 5.75 Å². The summed E-state index contributed by atoms with van der Waals surface area (Å²) < 4.78 is 8.28. The van der Waals surface area contributed by atoms with E-state index < -0.39 is 29.7 Å². The number of nitrogens with zero attached hydrogens (tertiary/aromatic N) is 5. The lowest BCUT2D eigenvalue weighted by atomic mass is 10.2. The van der Waals surface area contributed by atoms with E-state index in [2.05, 4.69) is 10.2 Å². The van der Waals surface area contributed by atoms with E-state index in [4.69, 9.17) is 33.8 Å². The second-order valence-corrected chi connectivity index (χ2v) is 9.09. The fourth-order valence-corrected chi connectivity index (χ4v) is 3.78. The second kappa shape index (κ2) is 11.4. The van der Waals surface area contributed by atoms with Crippen molar-refractivity contribution in [2.24, 2.45) is 10.2 Å². The SMILES string of the molecule is CC(C)Oc1ccc(N=c2n(N)c(=O)n([C@@H](C)CC(=O)N=O)c(=O)n2Cc2ccc(Cl)cc2)cc1Cl. The van der Waals surface area contributed by atoms with Crippen LogP contribution in [0.15, 0.2) is 62.2 Å². The van der Waals surface area contributed by atoms with Crippen LogP contribution in [0.1, 0.15) is 38.8 Å². The molecule has 1 heterocycles. The van der Waals surface area contributed by atoms with E-state index >= 15 is 0 Å². The Hall–Kier alpha value is -3.70. The van der Waals surface area contributed by atoms with Gasteiger partial charge in [-0.15, -0.1) is 4.91 Å². The zero-order valence-electron chi connectivity index (χ0n) is 19.7. The summed E-state index contributed by atoms with van der Waals surface area (Å²) in [6.07, 6.45) is -0.555. The van der Waals surface area contributed by atoms with Gasteiger partial charge in [-0.2, -0.15) is 4.68 Å². The Labute approximate surface area is 215 Å². The molecule has 13 heteroatoms. The van der Waals surface area contributed by atoms with Crippen molar-refractivity contribution in [2.75, 3.05) is 5.84 Å². The maximum atomic E-state index is 13.5. The molecule has 0 saturated carbocycles. The molecule has 2 aromatic carbocycles. The van der Waals surface area contributed by atoms with E-state index in [0.29, 0.717) is 26.7 Å². The Morgan fingerprint density at radius 3 is 2.31 bits per heavy atom. The summed E-state index contributed by atoms with van der Waals surface area (Å²) in [5.74, 6) is 5.54. The fourth-order valence-electron chi connectivity index (χ4n) is 3.44. The topological polar surface area (TPSA) is 143 Å². The summed E-state index contributed by atoms with van der Waals surface area (Å²) in [6, 6.07) is 10.4. The standard InChI is InChI=1S/C23H24Cl2N6O5/c1-13(2)36-19-9-8-17(11-18(19)25)27-21-29(12-15-4-6-16(24)7-5-15)22(33)30(23(34)31(21)26)14(3)10-20(32)28-35/h4-9,11,13-14H,10,12,26H2,1-3H3/t14-/m0/s1. The van der Waals surface area contributed by atoms with Crippen LogP contribution in [0.4, 0.5) is 5.69 Å². The van der Waals surface area contributed by atoms with Crippen molar-refractivity contribution >= 4 is 34.8 Å². The van der Waals surface area contributed by atoms with Crippen molar-refractivity contribution in [3.8, 4) is 5.75 Å². The first-order chi connectivity index (χ1) is 17.0. The quantitative estimate of drug-likeness (QED) is 0.347. The van der Waals surface area contributed by atoms with Crippen LogP contribution in [0.25, 0.3) is 0 Å². The van der Waals surface area contributed by atoms with Gasteiger partial charge >= 0.3 is 11.4 Å². The minimum Gasteiger partial charge on any atom is -0.489 e. The number of hydrogen-bond donors (Lipinski definition) is 1. The van der Waals surface area contributed by atoms with Crippen molar-refractivity contribution in [2.45, 2.75) is 45.9 Å². The number of halogens is 2. The van der Waals surface area contributed by atoms with Crippen LogP contribution in [0.2, 0.25) is 10.0 Å². The van der Waals surface area contributed by atoms with Crippen LogP contribution in [0, 0.1) is 4.91 Å². The van der Waals surface area contributed by atoms with Gasteiger partial charge < -0.3 is 10.6 Å². The molecule has 3 rings (SSSR count). The van der Waals surface area contributed by atoms with Gasteiger partial charge in [-0.3, -0.25) is 9.36 Å². The smallest absolute Gasteiger partial charge is 0.354 e. The molecular formula is C23H24Cl2N6O5. The number of ether oxygens (including phenoxy) is 1. The summed E-state index contributed by atoms with van der Waals surface area (Å²) in [7, 11) is 0. The molecule has 0 bridgehead atoms. The maximum Gasteiger partial charge on any atom is 0.354 e. The number of aromatic nitrogens is 3. The Balaban J connectivity index is 2.25. The Morgan fingerprint density at radius 2 is 1.72 bits per heavy atom. The molecule has 0 fully saturated rings. The molecule has 11 nitrogen and oxygen atoms in total. The highest BCUT2D eigenvalue weighted by molar-refractivity contribution is 6.32. The molecule has 0 unspecified atom stereocenters. The summed E-state index contributed by atoms with van der Waals surface area (Å²) in [5, 5.41) is 3.12. The van der Waals surface area contributed by atoms with Crippen molar-refractivity contribution in [1.29, 1.82) is 0 Å². The minimum absolute atomic E-state index is 0.0266. The van der Waals surface area contributed by atoms with E-state index in [1.54, 1.807) is 36.4 Å². The van der Waals surface area contributed by atoms with Crippen LogP contribution in [0.5, 0.6) is 5.75 Å². The summed E-state index contributed by atoms with van der Waals surface area (Å²) in [6.45, 7) is 5.12. The number of carbonyl (C=O) groups excluding carboxylic acids is 1. The summed E-state index contributed by atoms with van der Waals surface area (Å²) >= 11 is 12.3. The first-order valence-corrected chi connectivity index (χ1v) is 11.6. The predicted octanol–water partition coefficient (Wildman–Crippen LogP) is 3.14. The molecule has 2 N–H and O–H groups in total. The zero-order chi connectivity index (χ0) is 26.6. The number of rotatable bonds is 8. The number of nitrogen functional groups attached to an aromatic ring is 1. The largest absolute Gasteiger partial charge is 0.489 e. The zero-order valence-corrected chi connectivity index (χ0v) is 21.2. The molecule has 190 valence electrons. The third-order valence-electron chi connectivity index (χ3n) is 5.08. The molecule has 1 atom stereocenters. The molecule has 0 aliphatic heterocycles. The molecule has 0 spiro atoms. The number of benzene rings is 2. The van der Waals surface area contributed by atoms with Gasteiger partial charge in [0.15, 0.2) is 0 Å². The molecule has 0 aliphatic carbocycles. The molecule has 0 aliphatic rings. The van der Waals surface area contributed by atoms with Gasteiger partial charge in [0.05, 0.1) is 29.8 Å². The molecular weight excluding hydrogens is 511 g/mol. The van der Waals surface area contributed by atoms with Crippen LogP contribution in [0.3, 0.4) is 0 Å². The lowest BCUT2D eigenvalue weighted by Crippen LogP contribution is -2.58. The third kappa shape index (κ3) is 6.10. The average Bonchev–Trinajstić information content (AvgIpc) is 2.82. The fraction of sp³-hybridized carbons (Fsp3) is 0.304. The second-order valence-electron chi connectivity index (χ2n) is 8.25. The van der Waals surface area contributed by atoms with Crippen LogP contribution < -0.4 is 27.6 Å². The lowest BCUT2D eigenvalue weighted by Gasteiger charge is -2.17. The minimum atomic E-state index is -1.01. The highest BCUT2D eigenvalue weighted by Crippen LogP contribution is 2.29. The van der Waals surface area contributed by atoms with E-state index in [0.717, 1.165) is 4.57 Å². The maximum absolute atomic E-state index is 13.5. The highest BCUT2D eigenvalue weighted by atomic mass is 35.5. The van der Waals surface area contributed by atoms with E-state index in [-0.39, 0.29) is 23.3 Å². The van der Waals surface area contributed by atoms with Gasteiger partial charge in [-0.1, -0.05) is 35.3 Å². The van der Waals surface area contributed by atoms with Crippen LogP contribution >= 0.6 is 23.2 Å². The van der Waals surface area contributed by atoms with Gasteiger partial charge in [0, 0.05) is 16.2 Å². The van der Waals surface area contributed by atoms with Gasteiger partial charge in [-0.25, -0.2) is 19.1 Å². The molecule has 1 amide bonds. The Morgan fingerprint density at radius 1 is 1.06 bits per heavy atom. The van der Waals surface area contributed by atoms with Crippen LogP contribution in [-0.2, 0) is 11.3 Å². The normalized spacial score (nSPS) is 12.6. The van der Waals surface area contributed by atoms with Crippen LogP contribution in [-0.4, -0.2) is 25.8 Å². The number of amides is 1. The molecule has 0 radical (unpaired) electrons. The Kier molecular flexibility index (Phi) is 8.49. The molecule has 0 saturated heterocycles. The molecule has 1 aromatic heterocycles.